The first-order valence-corrected chi connectivity index (χ1v) is 13.6. The van der Waals surface area contributed by atoms with Gasteiger partial charge in [0.2, 0.25) is 0 Å². The van der Waals surface area contributed by atoms with Gasteiger partial charge < -0.3 is 24.5 Å². The van der Waals surface area contributed by atoms with Gasteiger partial charge in [0, 0.05) is 22.5 Å². The molecule has 1 saturated carbocycles. The Kier molecular flexibility index (Phi) is 6.48. The van der Waals surface area contributed by atoms with Crippen molar-refractivity contribution in [2.24, 2.45) is 0 Å². The number of aromatic nitrogens is 1. The number of nitrogens with one attached hydrogen (secondary N) is 1. The van der Waals surface area contributed by atoms with Gasteiger partial charge in [0.05, 0.1) is 24.4 Å². The van der Waals surface area contributed by atoms with E-state index in [9.17, 15) is 9.90 Å². The van der Waals surface area contributed by atoms with Crippen LogP contribution in [0.15, 0.2) is 36.4 Å². The summed E-state index contributed by atoms with van der Waals surface area (Å²) in [4.78, 5) is 11.9. The third-order valence-corrected chi connectivity index (χ3v) is 8.34. The molecule has 190 valence electrons. The van der Waals surface area contributed by atoms with E-state index >= 15 is 0 Å². The van der Waals surface area contributed by atoms with Crippen molar-refractivity contribution in [2.45, 2.75) is 76.5 Å². The second-order valence-corrected chi connectivity index (χ2v) is 10.8. The Bertz CT molecular complexity index is 1270. The molecule has 2 aliphatic heterocycles. The smallest absolute Gasteiger partial charge is 0.335 e. The Hall–Kier alpha value is -2.83. The second-order valence-electron chi connectivity index (χ2n) is 10.8. The SMILES string of the molecule is Cc1cccc2c1-c1c(C3CCCCC3)c3ccc(C(=O)O)cc3n1C[C@H](OCC1CCCN1)CO2. The highest BCUT2D eigenvalue weighted by Gasteiger charge is 2.32. The van der Waals surface area contributed by atoms with Crippen LogP contribution in [0.2, 0.25) is 0 Å². The summed E-state index contributed by atoms with van der Waals surface area (Å²) in [5.74, 6) is 0.460. The van der Waals surface area contributed by atoms with E-state index in [0.717, 1.165) is 29.8 Å². The molecule has 0 spiro atoms. The number of aromatic carboxylic acids is 1. The highest BCUT2D eigenvalue weighted by Crippen LogP contribution is 2.48. The van der Waals surface area contributed by atoms with E-state index in [1.165, 1.54) is 60.7 Å². The molecule has 2 atom stereocenters. The van der Waals surface area contributed by atoms with E-state index in [1.807, 2.05) is 12.1 Å². The zero-order valence-corrected chi connectivity index (χ0v) is 21.1. The lowest BCUT2D eigenvalue weighted by atomic mass is 9.81. The summed E-state index contributed by atoms with van der Waals surface area (Å²) in [6, 6.07) is 12.3. The molecule has 2 fully saturated rings. The van der Waals surface area contributed by atoms with Gasteiger partial charge in [-0.05, 0) is 74.4 Å². The first-order valence-electron chi connectivity index (χ1n) is 13.6. The Morgan fingerprint density at radius 3 is 2.78 bits per heavy atom. The second kappa shape index (κ2) is 9.91. The molecule has 0 amide bonds. The van der Waals surface area contributed by atoms with Crippen LogP contribution in [0.25, 0.3) is 22.2 Å². The van der Waals surface area contributed by atoms with Crippen molar-refractivity contribution in [2.75, 3.05) is 19.8 Å². The van der Waals surface area contributed by atoms with Gasteiger partial charge in [-0.3, -0.25) is 0 Å². The lowest BCUT2D eigenvalue weighted by Gasteiger charge is -2.29. The molecule has 2 N–H and O–H groups in total. The number of carboxylic acid groups (broad SMARTS) is 1. The average molecular weight is 489 g/mol. The molecule has 6 nitrogen and oxygen atoms in total. The van der Waals surface area contributed by atoms with Crippen molar-refractivity contribution in [3.05, 3.63) is 53.1 Å². The predicted octanol–water partition coefficient (Wildman–Crippen LogP) is 5.89. The average Bonchev–Trinajstić information content (AvgIpc) is 3.50. The lowest BCUT2D eigenvalue weighted by molar-refractivity contribution is 0.00136. The fraction of sp³-hybridized carbons (Fsp3) is 0.500. The summed E-state index contributed by atoms with van der Waals surface area (Å²) >= 11 is 0. The summed E-state index contributed by atoms with van der Waals surface area (Å²) in [6.07, 6.45) is 8.31. The molecule has 0 bridgehead atoms. The molecular formula is C30H36N2O4. The number of hydrogen-bond donors (Lipinski definition) is 2. The Labute approximate surface area is 212 Å². The molecular weight excluding hydrogens is 452 g/mol. The highest BCUT2D eigenvalue weighted by atomic mass is 16.5. The third-order valence-electron chi connectivity index (χ3n) is 8.34. The molecule has 3 heterocycles. The van der Waals surface area contributed by atoms with Crippen molar-refractivity contribution in [1.29, 1.82) is 0 Å². The maximum Gasteiger partial charge on any atom is 0.335 e. The first-order chi connectivity index (χ1) is 17.6. The number of carboxylic acids is 1. The first kappa shape index (κ1) is 23.6. The molecule has 3 aromatic rings. The van der Waals surface area contributed by atoms with Crippen LogP contribution in [-0.4, -0.2) is 47.5 Å². The predicted molar refractivity (Wildman–Crippen MR) is 141 cm³/mol. The van der Waals surface area contributed by atoms with Gasteiger partial charge in [0.1, 0.15) is 18.5 Å². The summed E-state index contributed by atoms with van der Waals surface area (Å²) in [7, 11) is 0. The normalized spacial score (nSPS) is 22.5. The number of nitrogens with zero attached hydrogens (tertiary/aromatic N) is 1. The quantitative estimate of drug-likeness (QED) is 0.468. The Balaban J connectivity index is 1.54. The molecule has 0 radical (unpaired) electrons. The van der Waals surface area contributed by atoms with E-state index in [1.54, 1.807) is 6.07 Å². The largest absolute Gasteiger partial charge is 0.490 e. The molecule has 1 unspecified atom stereocenters. The molecule has 3 aliphatic rings. The summed E-state index contributed by atoms with van der Waals surface area (Å²) in [6.45, 7) is 4.98. The van der Waals surface area contributed by atoms with Crippen LogP contribution in [0, 0.1) is 6.92 Å². The lowest BCUT2D eigenvalue weighted by Crippen LogP contribution is -2.34. The van der Waals surface area contributed by atoms with Gasteiger partial charge >= 0.3 is 5.97 Å². The van der Waals surface area contributed by atoms with E-state index in [4.69, 9.17) is 9.47 Å². The van der Waals surface area contributed by atoms with Crippen LogP contribution >= 0.6 is 0 Å². The molecule has 2 aromatic carbocycles. The molecule has 1 aliphatic carbocycles. The monoisotopic (exact) mass is 488 g/mol. The number of rotatable bonds is 5. The van der Waals surface area contributed by atoms with Gasteiger partial charge in [0.25, 0.3) is 0 Å². The van der Waals surface area contributed by atoms with Crippen molar-refractivity contribution < 1.29 is 19.4 Å². The fourth-order valence-electron chi connectivity index (χ4n) is 6.53. The van der Waals surface area contributed by atoms with E-state index in [0.29, 0.717) is 37.3 Å². The minimum Gasteiger partial charge on any atom is -0.490 e. The molecule has 36 heavy (non-hydrogen) atoms. The Morgan fingerprint density at radius 1 is 1.14 bits per heavy atom. The van der Waals surface area contributed by atoms with Gasteiger partial charge in [-0.1, -0.05) is 37.5 Å². The van der Waals surface area contributed by atoms with Crippen LogP contribution in [0.5, 0.6) is 5.75 Å². The summed E-state index contributed by atoms with van der Waals surface area (Å²) in [5, 5.41) is 14.5. The molecule has 1 saturated heterocycles. The van der Waals surface area contributed by atoms with Gasteiger partial charge in [-0.25, -0.2) is 4.79 Å². The van der Waals surface area contributed by atoms with Crippen LogP contribution in [-0.2, 0) is 11.3 Å². The van der Waals surface area contributed by atoms with E-state index < -0.39 is 5.97 Å². The molecule has 6 rings (SSSR count). The maximum atomic E-state index is 11.9. The van der Waals surface area contributed by atoms with Crippen LogP contribution in [0.4, 0.5) is 0 Å². The molecule has 6 heteroatoms. The van der Waals surface area contributed by atoms with Gasteiger partial charge in [-0.15, -0.1) is 0 Å². The summed E-state index contributed by atoms with van der Waals surface area (Å²) in [5.41, 5.74) is 6.20. The van der Waals surface area contributed by atoms with Crippen LogP contribution in [0.3, 0.4) is 0 Å². The fourth-order valence-corrected chi connectivity index (χ4v) is 6.53. The van der Waals surface area contributed by atoms with Crippen LogP contribution < -0.4 is 10.1 Å². The topological polar surface area (TPSA) is 72.7 Å². The van der Waals surface area contributed by atoms with Gasteiger partial charge in [-0.2, -0.15) is 0 Å². The molecule has 1 aromatic heterocycles. The maximum absolute atomic E-state index is 11.9. The van der Waals surface area contributed by atoms with Crippen molar-refractivity contribution >= 4 is 16.9 Å². The number of hydrogen-bond acceptors (Lipinski definition) is 4. The van der Waals surface area contributed by atoms with Gasteiger partial charge in [0.15, 0.2) is 0 Å². The number of ether oxygens (including phenoxy) is 2. The van der Waals surface area contributed by atoms with E-state index in [2.05, 4.69) is 35.0 Å². The Morgan fingerprint density at radius 2 is 2.00 bits per heavy atom. The minimum absolute atomic E-state index is 0.122. The minimum atomic E-state index is -0.891. The summed E-state index contributed by atoms with van der Waals surface area (Å²) < 4.78 is 15.3. The zero-order valence-electron chi connectivity index (χ0n) is 21.1. The third kappa shape index (κ3) is 4.31. The van der Waals surface area contributed by atoms with E-state index in [-0.39, 0.29) is 6.10 Å². The number of carbonyl (C=O) groups is 1. The number of benzene rings is 2. The highest BCUT2D eigenvalue weighted by molar-refractivity contribution is 5.99. The zero-order chi connectivity index (χ0) is 24.6. The van der Waals surface area contributed by atoms with Crippen molar-refractivity contribution in [1.82, 2.24) is 9.88 Å². The number of fused-ring (bicyclic) bond motifs is 5. The van der Waals surface area contributed by atoms with Crippen molar-refractivity contribution in [3.63, 3.8) is 0 Å². The standard InChI is InChI=1S/C30H36N2O4/c1-19-7-5-11-26-27(19)29-28(20-8-3-2-4-9-20)24-13-12-21(30(33)34)15-25(24)32(29)16-23(18-36-26)35-17-22-10-6-14-31-22/h5,7,11-13,15,20,22-23,31H,2-4,6,8-10,14,16-18H2,1H3,(H,33,34)/t22?,23-/m0/s1. The van der Waals surface area contributed by atoms with Crippen LogP contribution in [0.1, 0.15) is 72.3 Å². The number of aryl methyl sites for hydroxylation is 1. The van der Waals surface area contributed by atoms with Crippen molar-refractivity contribution in [3.8, 4) is 17.0 Å².